The molecule has 21 heavy (non-hydrogen) atoms. The number of likely N-dealkylation sites (N-methyl/N-ethyl adjacent to an activating group) is 1. The first-order valence-corrected chi connectivity index (χ1v) is 7.32. The Labute approximate surface area is 125 Å². The lowest BCUT2D eigenvalue weighted by molar-refractivity contribution is 0.287. The molecule has 1 aromatic carbocycles. The fourth-order valence-corrected chi connectivity index (χ4v) is 2.22. The number of para-hydroxylation sites is 1. The zero-order valence-electron chi connectivity index (χ0n) is 12.6. The van der Waals surface area contributed by atoms with E-state index in [-0.39, 0.29) is 5.82 Å². The fourth-order valence-electron chi connectivity index (χ4n) is 2.22. The van der Waals surface area contributed by atoms with Crippen LogP contribution in [0.2, 0.25) is 0 Å². The van der Waals surface area contributed by atoms with Gasteiger partial charge in [-0.2, -0.15) is 0 Å². The number of aromatic nitrogens is 1. The first-order chi connectivity index (χ1) is 10.2. The molecule has 0 spiro atoms. The third-order valence-corrected chi connectivity index (χ3v) is 3.40. The zero-order valence-corrected chi connectivity index (χ0v) is 12.6. The molecule has 0 saturated carbocycles. The quantitative estimate of drug-likeness (QED) is 0.845. The summed E-state index contributed by atoms with van der Waals surface area (Å²) >= 11 is 0. The maximum Gasteiger partial charge on any atom is 0.146 e. The lowest BCUT2D eigenvalue weighted by Crippen LogP contribution is -2.29. The van der Waals surface area contributed by atoms with Crippen LogP contribution in [0.1, 0.15) is 18.3 Å². The number of nitrogens with zero attached hydrogens (tertiary/aromatic N) is 2. The van der Waals surface area contributed by atoms with Crippen LogP contribution in [0.5, 0.6) is 0 Å². The highest BCUT2D eigenvalue weighted by Gasteiger charge is 2.05. The summed E-state index contributed by atoms with van der Waals surface area (Å²) in [5.74, 6) is -0.208. The second-order valence-electron chi connectivity index (χ2n) is 5.05. The molecule has 3 nitrogen and oxygen atoms in total. The molecule has 2 aromatic rings. The van der Waals surface area contributed by atoms with Gasteiger partial charge in [-0.05, 0) is 37.7 Å². The number of benzene rings is 1. The lowest BCUT2D eigenvalue weighted by Gasteiger charge is -2.20. The molecule has 0 aliphatic carbocycles. The Balaban J connectivity index is 1.84. The van der Waals surface area contributed by atoms with Crippen LogP contribution in [-0.4, -0.2) is 29.5 Å². The summed E-state index contributed by atoms with van der Waals surface area (Å²) in [4.78, 5) is 6.81. The highest BCUT2D eigenvalue weighted by Crippen LogP contribution is 2.12. The Morgan fingerprint density at radius 1 is 1.14 bits per heavy atom. The average molecular weight is 287 g/mol. The molecule has 1 N–H and O–H groups in total. The molecular weight excluding hydrogens is 265 g/mol. The Morgan fingerprint density at radius 2 is 1.95 bits per heavy atom. The number of anilines is 1. The van der Waals surface area contributed by atoms with Crippen molar-refractivity contribution >= 4 is 5.69 Å². The second kappa shape index (κ2) is 7.74. The Kier molecular flexibility index (Phi) is 5.69. The van der Waals surface area contributed by atoms with E-state index >= 15 is 0 Å². The summed E-state index contributed by atoms with van der Waals surface area (Å²) in [6, 6.07) is 12.8. The summed E-state index contributed by atoms with van der Waals surface area (Å²) in [5, 5.41) is 3.14. The Hall–Kier alpha value is -1.94. The van der Waals surface area contributed by atoms with Crippen molar-refractivity contribution in [3.63, 3.8) is 0 Å². The molecule has 0 fully saturated rings. The molecule has 0 atom stereocenters. The van der Waals surface area contributed by atoms with Crippen molar-refractivity contribution in [1.29, 1.82) is 0 Å². The minimum absolute atomic E-state index is 0.208. The van der Waals surface area contributed by atoms with Gasteiger partial charge in [-0.1, -0.05) is 25.1 Å². The van der Waals surface area contributed by atoms with E-state index in [1.807, 2.05) is 31.2 Å². The van der Waals surface area contributed by atoms with Crippen LogP contribution >= 0.6 is 0 Å². The SMILES string of the molecule is CCN(CCNc1ccccc1F)Cc1cccc(C)n1. The van der Waals surface area contributed by atoms with Gasteiger partial charge in [0.1, 0.15) is 5.82 Å². The van der Waals surface area contributed by atoms with Crippen LogP contribution in [0.3, 0.4) is 0 Å². The van der Waals surface area contributed by atoms with Gasteiger partial charge in [0.2, 0.25) is 0 Å². The van der Waals surface area contributed by atoms with Gasteiger partial charge >= 0.3 is 0 Å². The molecule has 1 heterocycles. The molecule has 0 aliphatic heterocycles. The summed E-state index contributed by atoms with van der Waals surface area (Å²) < 4.78 is 13.5. The van der Waals surface area contributed by atoms with Gasteiger partial charge < -0.3 is 5.32 Å². The van der Waals surface area contributed by atoms with Crippen LogP contribution in [0.15, 0.2) is 42.5 Å². The number of pyridine rings is 1. The smallest absolute Gasteiger partial charge is 0.146 e. The van der Waals surface area contributed by atoms with Crippen molar-refractivity contribution in [2.24, 2.45) is 0 Å². The predicted molar refractivity (Wildman–Crippen MR) is 84.8 cm³/mol. The van der Waals surface area contributed by atoms with Crippen LogP contribution in [0.4, 0.5) is 10.1 Å². The van der Waals surface area contributed by atoms with E-state index in [4.69, 9.17) is 0 Å². The highest BCUT2D eigenvalue weighted by molar-refractivity contribution is 5.44. The third-order valence-electron chi connectivity index (χ3n) is 3.40. The van der Waals surface area contributed by atoms with E-state index in [1.165, 1.54) is 6.07 Å². The molecule has 0 amide bonds. The number of hydrogen-bond donors (Lipinski definition) is 1. The summed E-state index contributed by atoms with van der Waals surface area (Å²) in [6.07, 6.45) is 0. The van der Waals surface area contributed by atoms with Crippen LogP contribution in [0.25, 0.3) is 0 Å². The molecule has 0 aliphatic rings. The van der Waals surface area contributed by atoms with Crippen LogP contribution < -0.4 is 5.32 Å². The summed E-state index contributed by atoms with van der Waals surface area (Å²) in [5.41, 5.74) is 2.66. The monoisotopic (exact) mass is 287 g/mol. The first kappa shape index (κ1) is 15.4. The normalized spacial score (nSPS) is 10.9. The largest absolute Gasteiger partial charge is 0.381 e. The standard InChI is InChI=1S/C17H22FN3/c1-3-21(13-15-8-6-7-14(2)20-15)12-11-19-17-10-5-4-9-16(17)18/h4-10,19H,3,11-13H2,1-2H3. The molecule has 0 saturated heterocycles. The number of nitrogens with one attached hydrogen (secondary N) is 1. The van der Waals surface area contributed by atoms with Gasteiger partial charge in [0.05, 0.1) is 11.4 Å². The highest BCUT2D eigenvalue weighted by atomic mass is 19.1. The maximum atomic E-state index is 13.5. The van der Waals surface area contributed by atoms with E-state index in [2.05, 4.69) is 22.1 Å². The van der Waals surface area contributed by atoms with E-state index < -0.39 is 0 Å². The van der Waals surface area contributed by atoms with Gasteiger partial charge in [-0.3, -0.25) is 9.88 Å². The Morgan fingerprint density at radius 3 is 2.67 bits per heavy atom. The molecule has 0 radical (unpaired) electrons. The van der Waals surface area contributed by atoms with Crippen molar-refractivity contribution < 1.29 is 4.39 Å². The van der Waals surface area contributed by atoms with E-state index in [9.17, 15) is 4.39 Å². The maximum absolute atomic E-state index is 13.5. The Bertz CT molecular complexity index is 571. The van der Waals surface area contributed by atoms with Crippen molar-refractivity contribution in [2.45, 2.75) is 20.4 Å². The first-order valence-electron chi connectivity index (χ1n) is 7.32. The molecule has 1 aromatic heterocycles. The van der Waals surface area contributed by atoms with E-state index in [1.54, 1.807) is 12.1 Å². The molecule has 0 bridgehead atoms. The summed E-state index contributed by atoms with van der Waals surface area (Å²) in [7, 11) is 0. The molecular formula is C17H22FN3. The molecule has 2 rings (SSSR count). The molecule has 4 heteroatoms. The van der Waals surface area contributed by atoms with Gasteiger partial charge in [0.25, 0.3) is 0 Å². The lowest BCUT2D eigenvalue weighted by atomic mass is 10.3. The van der Waals surface area contributed by atoms with Gasteiger partial charge in [0.15, 0.2) is 0 Å². The third kappa shape index (κ3) is 4.83. The summed E-state index contributed by atoms with van der Waals surface area (Å²) in [6.45, 7) is 7.44. The number of halogens is 1. The van der Waals surface area contributed by atoms with Crippen molar-refractivity contribution in [3.8, 4) is 0 Å². The van der Waals surface area contributed by atoms with Crippen molar-refractivity contribution in [3.05, 3.63) is 59.7 Å². The van der Waals surface area contributed by atoms with Gasteiger partial charge in [-0.15, -0.1) is 0 Å². The van der Waals surface area contributed by atoms with E-state index in [0.29, 0.717) is 12.2 Å². The van der Waals surface area contributed by atoms with Crippen molar-refractivity contribution in [2.75, 3.05) is 25.0 Å². The van der Waals surface area contributed by atoms with Gasteiger partial charge in [0, 0.05) is 25.3 Å². The minimum atomic E-state index is -0.208. The topological polar surface area (TPSA) is 28.2 Å². The zero-order chi connectivity index (χ0) is 15.1. The van der Waals surface area contributed by atoms with Crippen LogP contribution in [-0.2, 0) is 6.54 Å². The average Bonchev–Trinajstić information content (AvgIpc) is 2.48. The van der Waals surface area contributed by atoms with E-state index in [0.717, 1.165) is 31.0 Å². The van der Waals surface area contributed by atoms with Crippen LogP contribution in [0, 0.1) is 12.7 Å². The number of hydrogen-bond acceptors (Lipinski definition) is 3. The van der Waals surface area contributed by atoms with Gasteiger partial charge in [-0.25, -0.2) is 4.39 Å². The number of rotatable bonds is 7. The second-order valence-corrected chi connectivity index (χ2v) is 5.05. The number of aryl methyl sites for hydroxylation is 1. The molecule has 112 valence electrons. The fraction of sp³-hybridized carbons (Fsp3) is 0.353. The minimum Gasteiger partial charge on any atom is -0.381 e. The predicted octanol–water partition coefficient (Wildman–Crippen LogP) is 3.46. The van der Waals surface area contributed by atoms with Crippen molar-refractivity contribution in [1.82, 2.24) is 9.88 Å². The molecule has 0 unspecified atom stereocenters.